The van der Waals surface area contributed by atoms with Gasteiger partial charge in [-0.2, -0.15) is 0 Å². The number of hydrogen-bond donors (Lipinski definition) is 2. The van der Waals surface area contributed by atoms with E-state index in [1.165, 1.54) is 0 Å². The van der Waals surface area contributed by atoms with Crippen molar-refractivity contribution in [3.8, 4) is 17.2 Å². The molecule has 2 N–H and O–H groups in total. The van der Waals surface area contributed by atoms with E-state index in [1.54, 1.807) is 24.4 Å². The fraction of sp³-hybridized carbons (Fsp3) is 0.433. The molecular weight excluding hydrogens is 510 g/mol. The first-order chi connectivity index (χ1) is 19.6. The van der Waals surface area contributed by atoms with Gasteiger partial charge in [0.05, 0.1) is 19.0 Å². The van der Waals surface area contributed by atoms with Crippen LogP contribution < -0.4 is 24.8 Å². The van der Waals surface area contributed by atoms with E-state index >= 15 is 0 Å². The predicted molar refractivity (Wildman–Crippen MR) is 147 cm³/mol. The Morgan fingerprint density at radius 2 is 1.90 bits per heavy atom. The number of hydrogen-bond acceptors (Lipinski definition) is 7. The number of carbonyl (C=O) groups excluding carboxylic acids is 2. The molecule has 4 bridgehead atoms. The van der Waals surface area contributed by atoms with Crippen LogP contribution in [0.5, 0.6) is 17.2 Å². The first-order valence-corrected chi connectivity index (χ1v) is 14.0. The van der Waals surface area contributed by atoms with E-state index < -0.39 is 0 Å². The predicted octanol–water partition coefficient (Wildman–Crippen LogP) is 2.63. The fourth-order valence-electron chi connectivity index (χ4n) is 5.07. The Kier molecular flexibility index (Phi) is 7.85. The monoisotopic (exact) mass is 545 g/mol. The molecule has 0 unspecified atom stereocenters. The lowest BCUT2D eigenvalue weighted by atomic mass is 10.1. The molecule has 7 rings (SSSR count). The number of benzene rings is 2. The maximum atomic E-state index is 13.5. The highest BCUT2D eigenvalue weighted by Gasteiger charge is 2.35. The molecular formula is C30H35N5O5. The highest BCUT2D eigenvalue weighted by Crippen LogP contribution is 2.31. The third-order valence-electron chi connectivity index (χ3n) is 7.50. The number of amides is 2. The molecule has 3 aliphatic heterocycles. The van der Waals surface area contributed by atoms with Crippen molar-refractivity contribution in [1.29, 1.82) is 0 Å². The number of carbonyl (C=O) groups is 2. The average Bonchev–Trinajstić information content (AvgIpc) is 3.51. The zero-order valence-electron chi connectivity index (χ0n) is 22.5. The van der Waals surface area contributed by atoms with Gasteiger partial charge >= 0.3 is 0 Å². The van der Waals surface area contributed by atoms with Gasteiger partial charge in [-0.25, -0.2) is 4.98 Å². The molecule has 2 atom stereocenters. The zero-order valence-corrected chi connectivity index (χ0v) is 22.5. The second kappa shape index (κ2) is 12.0. The fourth-order valence-corrected chi connectivity index (χ4v) is 5.07. The van der Waals surface area contributed by atoms with Crippen LogP contribution in [-0.4, -0.2) is 71.3 Å². The lowest BCUT2D eigenvalue weighted by Crippen LogP contribution is -2.45. The number of likely N-dealkylation sites (tertiary alicyclic amines) is 1. The summed E-state index contributed by atoms with van der Waals surface area (Å²) < 4.78 is 20.2. The summed E-state index contributed by atoms with van der Waals surface area (Å²) in [6.45, 7) is 3.97. The van der Waals surface area contributed by atoms with Gasteiger partial charge in [0, 0.05) is 56.7 Å². The molecule has 1 aromatic heterocycles. The molecule has 0 radical (unpaired) electrons. The van der Waals surface area contributed by atoms with Gasteiger partial charge in [-0.05, 0) is 55.0 Å². The number of aromatic nitrogens is 2. The van der Waals surface area contributed by atoms with Gasteiger partial charge < -0.3 is 29.4 Å². The molecule has 2 fully saturated rings. The Labute approximate surface area is 233 Å². The third-order valence-corrected chi connectivity index (χ3v) is 7.50. The van der Waals surface area contributed by atoms with Gasteiger partial charge in [-0.1, -0.05) is 12.1 Å². The summed E-state index contributed by atoms with van der Waals surface area (Å²) >= 11 is 0. The summed E-state index contributed by atoms with van der Waals surface area (Å²) in [5.41, 5.74) is 1.38. The molecule has 10 heteroatoms. The van der Waals surface area contributed by atoms with Crippen molar-refractivity contribution in [2.75, 3.05) is 32.8 Å². The van der Waals surface area contributed by atoms with Crippen molar-refractivity contribution < 1.29 is 23.8 Å². The first-order valence-electron chi connectivity index (χ1n) is 14.0. The number of fused-ring (bicyclic) bond motifs is 7. The molecule has 1 saturated carbocycles. The summed E-state index contributed by atoms with van der Waals surface area (Å²) in [7, 11) is 0. The van der Waals surface area contributed by atoms with Crippen LogP contribution in [0.2, 0.25) is 0 Å². The number of aryl methyl sites for hydroxylation is 1. The van der Waals surface area contributed by atoms with E-state index in [0.29, 0.717) is 49.2 Å². The van der Waals surface area contributed by atoms with Gasteiger partial charge in [0.25, 0.3) is 11.8 Å². The Bertz CT molecular complexity index is 1310. The second-order valence-corrected chi connectivity index (χ2v) is 10.8. The topological polar surface area (TPSA) is 107 Å². The minimum atomic E-state index is -0.248. The summed E-state index contributed by atoms with van der Waals surface area (Å²) in [6, 6.07) is 12.6. The van der Waals surface area contributed by atoms with Crippen molar-refractivity contribution in [2.24, 2.45) is 5.92 Å². The Balaban J connectivity index is 1.21. The minimum absolute atomic E-state index is 0.160. The average molecular weight is 546 g/mol. The molecule has 3 aromatic rings. The van der Waals surface area contributed by atoms with Crippen molar-refractivity contribution >= 4 is 11.8 Å². The normalized spacial score (nSPS) is 21.5. The molecule has 10 nitrogen and oxygen atoms in total. The van der Waals surface area contributed by atoms with Crippen LogP contribution in [0.3, 0.4) is 0 Å². The van der Waals surface area contributed by atoms with Gasteiger partial charge in [-0.15, -0.1) is 0 Å². The molecule has 4 heterocycles. The number of ether oxygens (including phenoxy) is 3. The summed E-state index contributed by atoms with van der Waals surface area (Å²) in [5, 5.41) is 6.09. The molecule has 210 valence electrons. The first kappa shape index (κ1) is 26.2. The van der Waals surface area contributed by atoms with Crippen LogP contribution in [0, 0.1) is 5.92 Å². The smallest absolute Gasteiger partial charge is 0.258 e. The number of rotatable bonds is 7. The summed E-state index contributed by atoms with van der Waals surface area (Å²) in [5.74, 6) is 1.79. The standard InChI is InChI=1S/C30H35N5O5/c36-29-19-39-26-13-23(12-25(14-26)38-18-22-2-3-22)30(37)33-27-16-35(10-1-9-34-11-8-31-20-34)17-28(27)40-24-6-4-21(5-7-24)15-32-29/h4-8,11-14,20,22,27-28H,1-3,9-10,15-19H2,(H,32,36)(H,33,37)/t27-,28-/m0/s1. The van der Waals surface area contributed by atoms with Crippen LogP contribution >= 0.6 is 0 Å². The van der Waals surface area contributed by atoms with Gasteiger partial charge in [-0.3, -0.25) is 14.5 Å². The summed E-state index contributed by atoms with van der Waals surface area (Å²) in [6.07, 6.45) is 8.64. The van der Waals surface area contributed by atoms with Crippen molar-refractivity contribution in [2.45, 2.75) is 44.5 Å². The van der Waals surface area contributed by atoms with Gasteiger partial charge in [0.1, 0.15) is 23.4 Å². The van der Waals surface area contributed by atoms with Crippen LogP contribution in [-0.2, 0) is 17.9 Å². The van der Waals surface area contributed by atoms with Crippen molar-refractivity contribution in [3.63, 3.8) is 0 Å². The maximum absolute atomic E-state index is 13.5. The molecule has 2 aromatic carbocycles. The molecule has 40 heavy (non-hydrogen) atoms. The summed E-state index contributed by atoms with van der Waals surface area (Å²) in [4.78, 5) is 32.4. The second-order valence-electron chi connectivity index (χ2n) is 10.8. The van der Waals surface area contributed by atoms with E-state index in [1.807, 2.05) is 36.8 Å². The molecule has 1 aliphatic carbocycles. The quantitative estimate of drug-likeness (QED) is 0.470. The van der Waals surface area contributed by atoms with Crippen LogP contribution in [0.15, 0.2) is 61.2 Å². The van der Waals surface area contributed by atoms with Crippen LogP contribution in [0.1, 0.15) is 35.2 Å². The number of imidazole rings is 1. The molecule has 0 spiro atoms. The maximum Gasteiger partial charge on any atom is 0.258 e. The zero-order chi connectivity index (χ0) is 27.3. The van der Waals surface area contributed by atoms with E-state index in [-0.39, 0.29) is 30.6 Å². The Hall–Kier alpha value is -4.05. The molecule has 2 amide bonds. The number of nitrogens with zero attached hydrogens (tertiary/aromatic N) is 3. The minimum Gasteiger partial charge on any atom is -0.493 e. The van der Waals surface area contributed by atoms with E-state index in [9.17, 15) is 9.59 Å². The van der Waals surface area contributed by atoms with Gasteiger partial charge in [0.2, 0.25) is 0 Å². The van der Waals surface area contributed by atoms with E-state index in [0.717, 1.165) is 43.7 Å². The highest BCUT2D eigenvalue weighted by molar-refractivity contribution is 5.95. The highest BCUT2D eigenvalue weighted by atomic mass is 16.5. The lowest BCUT2D eigenvalue weighted by molar-refractivity contribution is -0.123. The van der Waals surface area contributed by atoms with E-state index in [2.05, 4.69) is 25.1 Å². The lowest BCUT2D eigenvalue weighted by Gasteiger charge is -2.22. The van der Waals surface area contributed by atoms with Crippen molar-refractivity contribution in [1.82, 2.24) is 25.1 Å². The number of nitrogens with one attached hydrogen (secondary N) is 2. The van der Waals surface area contributed by atoms with E-state index in [4.69, 9.17) is 14.2 Å². The molecule has 4 aliphatic rings. The molecule has 1 saturated heterocycles. The largest absolute Gasteiger partial charge is 0.493 e. The Morgan fingerprint density at radius 3 is 2.70 bits per heavy atom. The Morgan fingerprint density at radius 1 is 1.02 bits per heavy atom. The van der Waals surface area contributed by atoms with Crippen LogP contribution in [0.25, 0.3) is 0 Å². The van der Waals surface area contributed by atoms with Crippen LogP contribution in [0.4, 0.5) is 0 Å². The third kappa shape index (κ3) is 6.93. The SMILES string of the molecule is O=C1COc2cc(OCC3CC3)cc(c2)C(=O)N[C@H]2CN(CCCn3ccnc3)C[C@@H]2Oc2ccc(cc2)CN1. The van der Waals surface area contributed by atoms with Crippen molar-refractivity contribution in [3.05, 3.63) is 72.3 Å². The van der Waals surface area contributed by atoms with Gasteiger partial charge in [0.15, 0.2) is 6.61 Å².